The minimum atomic E-state index is -0.899. The molecule has 0 aromatic rings. The molecule has 1 N–H and O–H groups in total. The number of nitrogens with zero attached hydrogens (tertiary/aromatic N) is 1. The molecule has 0 radical (unpaired) electrons. The third-order valence-electron chi connectivity index (χ3n) is 4.16. The fourth-order valence-corrected chi connectivity index (χ4v) is 3.03. The number of hydrogen-bond donors (Lipinski definition) is 1. The molecule has 2 aliphatic rings. The third kappa shape index (κ3) is 4.68. The van der Waals surface area contributed by atoms with Gasteiger partial charge in [0, 0.05) is 13.1 Å². The first-order chi connectivity index (χ1) is 10.1. The van der Waals surface area contributed by atoms with Crippen LogP contribution in [0.5, 0.6) is 0 Å². The number of amides is 1. The Morgan fingerprint density at radius 3 is 2.71 bits per heavy atom. The Kier molecular flexibility index (Phi) is 5.99. The smallest absolute Gasteiger partial charge is 0.306 e. The number of morpholine rings is 1. The van der Waals surface area contributed by atoms with E-state index in [0.29, 0.717) is 26.1 Å². The van der Waals surface area contributed by atoms with Crippen molar-refractivity contribution in [2.24, 2.45) is 0 Å². The summed E-state index contributed by atoms with van der Waals surface area (Å²) in [5.74, 6) is -0.924. The van der Waals surface area contributed by atoms with Gasteiger partial charge in [-0.05, 0) is 19.3 Å². The summed E-state index contributed by atoms with van der Waals surface area (Å²) in [5, 5.41) is 8.83. The molecule has 1 saturated carbocycles. The van der Waals surface area contributed by atoms with E-state index in [4.69, 9.17) is 14.6 Å². The summed E-state index contributed by atoms with van der Waals surface area (Å²) in [5.41, 5.74) is 0. The number of carbonyl (C=O) groups is 2. The molecule has 1 heterocycles. The topological polar surface area (TPSA) is 76.1 Å². The van der Waals surface area contributed by atoms with E-state index in [9.17, 15) is 9.59 Å². The van der Waals surface area contributed by atoms with Crippen LogP contribution in [0.2, 0.25) is 0 Å². The molecule has 6 heteroatoms. The highest BCUT2D eigenvalue weighted by molar-refractivity contribution is 5.81. The molecule has 6 nitrogen and oxygen atoms in total. The molecule has 1 aliphatic heterocycles. The van der Waals surface area contributed by atoms with E-state index in [1.807, 2.05) is 6.92 Å². The van der Waals surface area contributed by atoms with Gasteiger partial charge in [0.15, 0.2) is 0 Å². The Bertz CT molecular complexity index is 367. The maximum atomic E-state index is 12.5. The molecule has 0 bridgehead atoms. The van der Waals surface area contributed by atoms with E-state index >= 15 is 0 Å². The second-order valence-electron chi connectivity index (χ2n) is 5.81. The van der Waals surface area contributed by atoms with Crippen LogP contribution in [0, 0.1) is 0 Å². The summed E-state index contributed by atoms with van der Waals surface area (Å²) in [4.78, 5) is 25.0. The normalized spacial score (nSPS) is 25.0. The molecule has 2 fully saturated rings. The van der Waals surface area contributed by atoms with Gasteiger partial charge < -0.3 is 19.5 Å². The number of carboxylic acid groups (broad SMARTS) is 1. The highest BCUT2D eigenvalue weighted by Gasteiger charge is 2.31. The van der Waals surface area contributed by atoms with Crippen molar-refractivity contribution in [2.75, 3.05) is 19.7 Å². The van der Waals surface area contributed by atoms with E-state index in [2.05, 4.69) is 0 Å². The number of carbonyl (C=O) groups excluding carboxylic acids is 1. The van der Waals surface area contributed by atoms with Gasteiger partial charge in [-0.3, -0.25) is 9.59 Å². The van der Waals surface area contributed by atoms with Crippen LogP contribution >= 0.6 is 0 Å². The van der Waals surface area contributed by atoms with Gasteiger partial charge in [-0.2, -0.15) is 0 Å². The van der Waals surface area contributed by atoms with E-state index in [1.54, 1.807) is 4.90 Å². The van der Waals surface area contributed by atoms with Crippen LogP contribution in [-0.2, 0) is 19.1 Å². The standard InChI is InChI=1S/C15H25NO5/c1-2-13(21-11-5-3-4-6-11)15(19)16-7-8-20-12(10-16)9-14(17)18/h11-13H,2-10H2,1H3,(H,17,18)/t12-,13+/m0/s1. The van der Waals surface area contributed by atoms with Crippen LogP contribution in [-0.4, -0.2) is 59.9 Å². The molecule has 0 aromatic heterocycles. The van der Waals surface area contributed by atoms with Crippen LogP contribution < -0.4 is 0 Å². The molecule has 120 valence electrons. The molecule has 2 atom stereocenters. The van der Waals surface area contributed by atoms with Crippen molar-refractivity contribution in [1.82, 2.24) is 4.90 Å². The van der Waals surface area contributed by atoms with E-state index in [0.717, 1.165) is 12.8 Å². The highest BCUT2D eigenvalue weighted by Crippen LogP contribution is 2.24. The largest absolute Gasteiger partial charge is 0.481 e. The molecule has 1 aliphatic carbocycles. The number of carboxylic acids is 1. The van der Waals surface area contributed by atoms with Crippen LogP contribution in [0.4, 0.5) is 0 Å². The Balaban J connectivity index is 1.88. The zero-order chi connectivity index (χ0) is 15.2. The highest BCUT2D eigenvalue weighted by atomic mass is 16.5. The SMILES string of the molecule is CC[C@@H](OC1CCCC1)C(=O)N1CCO[C@@H](CC(=O)O)C1. The minimum absolute atomic E-state index is 0.0249. The van der Waals surface area contributed by atoms with Crippen molar-refractivity contribution in [3.05, 3.63) is 0 Å². The number of rotatable bonds is 6. The Hall–Kier alpha value is -1.14. The lowest BCUT2D eigenvalue weighted by Crippen LogP contribution is -2.50. The first kappa shape index (κ1) is 16.2. The van der Waals surface area contributed by atoms with E-state index in [1.165, 1.54) is 12.8 Å². The van der Waals surface area contributed by atoms with Gasteiger partial charge in [-0.1, -0.05) is 19.8 Å². The van der Waals surface area contributed by atoms with Crippen molar-refractivity contribution < 1.29 is 24.2 Å². The number of aliphatic carboxylic acids is 1. The average molecular weight is 299 g/mol. The number of hydrogen-bond acceptors (Lipinski definition) is 4. The second kappa shape index (κ2) is 7.75. The molecule has 0 aromatic carbocycles. The molecule has 2 rings (SSSR count). The van der Waals surface area contributed by atoms with Crippen molar-refractivity contribution in [1.29, 1.82) is 0 Å². The first-order valence-electron chi connectivity index (χ1n) is 7.87. The first-order valence-corrected chi connectivity index (χ1v) is 7.87. The fraction of sp³-hybridized carbons (Fsp3) is 0.867. The maximum absolute atomic E-state index is 12.5. The lowest BCUT2D eigenvalue weighted by Gasteiger charge is -2.35. The molecule has 0 unspecified atom stereocenters. The van der Waals surface area contributed by atoms with Gasteiger partial charge >= 0.3 is 5.97 Å². The minimum Gasteiger partial charge on any atom is -0.481 e. The molecular formula is C15H25NO5. The lowest BCUT2D eigenvalue weighted by molar-refractivity contribution is -0.157. The van der Waals surface area contributed by atoms with E-state index < -0.39 is 18.2 Å². The van der Waals surface area contributed by atoms with Crippen molar-refractivity contribution in [2.45, 2.75) is 63.8 Å². The van der Waals surface area contributed by atoms with Gasteiger partial charge in [0.05, 0.1) is 25.2 Å². The summed E-state index contributed by atoms with van der Waals surface area (Å²) >= 11 is 0. The summed E-state index contributed by atoms with van der Waals surface area (Å²) in [6.45, 7) is 3.20. The average Bonchev–Trinajstić information content (AvgIpc) is 2.96. The van der Waals surface area contributed by atoms with Crippen LogP contribution in [0.3, 0.4) is 0 Å². The van der Waals surface area contributed by atoms with Gasteiger partial charge in [0.25, 0.3) is 5.91 Å². The predicted octanol–water partition coefficient (Wildman–Crippen LogP) is 1.43. The number of ether oxygens (including phenoxy) is 2. The zero-order valence-corrected chi connectivity index (χ0v) is 12.6. The Labute approximate surface area is 125 Å². The zero-order valence-electron chi connectivity index (χ0n) is 12.6. The summed E-state index contributed by atoms with van der Waals surface area (Å²) in [6, 6.07) is 0. The van der Waals surface area contributed by atoms with Crippen LogP contribution in [0.15, 0.2) is 0 Å². The van der Waals surface area contributed by atoms with Crippen molar-refractivity contribution in [3.8, 4) is 0 Å². The summed E-state index contributed by atoms with van der Waals surface area (Å²) in [6.07, 6.45) is 4.39. The molecule has 1 amide bonds. The van der Waals surface area contributed by atoms with Gasteiger partial charge in [0.2, 0.25) is 0 Å². The molecule has 1 saturated heterocycles. The third-order valence-corrected chi connectivity index (χ3v) is 4.16. The van der Waals surface area contributed by atoms with Crippen LogP contribution in [0.25, 0.3) is 0 Å². The maximum Gasteiger partial charge on any atom is 0.306 e. The predicted molar refractivity (Wildman–Crippen MR) is 76.0 cm³/mol. The van der Waals surface area contributed by atoms with Crippen LogP contribution in [0.1, 0.15) is 45.4 Å². The van der Waals surface area contributed by atoms with Gasteiger partial charge in [-0.25, -0.2) is 0 Å². The van der Waals surface area contributed by atoms with E-state index in [-0.39, 0.29) is 18.4 Å². The van der Waals surface area contributed by atoms with Gasteiger partial charge in [0.1, 0.15) is 6.10 Å². The fourth-order valence-electron chi connectivity index (χ4n) is 3.03. The van der Waals surface area contributed by atoms with Gasteiger partial charge in [-0.15, -0.1) is 0 Å². The van der Waals surface area contributed by atoms with Crippen molar-refractivity contribution in [3.63, 3.8) is 0 Å². The Morgan fingerprint density at radius 2 is 2.10 bits per heavy atom. The molecular weight excluding hydrogens is 274 g/mol. The monoisotopic (exact) mass is 299 g/mol. The quantitative estimate of drug-likeness (QED) is 0.803. The van der Waals surface area contributed by atoms with Crippen molar-refractivity contribution >= 4 is 11.9 Å². The Morgan fingerprint density at radius 1 is 1.38 bits per heavy atom. The molecule has 0 spiro atoms. The summed E-state index contributed by atoms with van der Waals surface area (Å²) < 4.78 is 11.3. The lowest BCUT2D eigenvalue weighted by atomic mass is 10.1. The molecule has 21 heavy (non-hydrogen) atoms. The summed E-state index contributed by atoms with van der Waals surface area (Å²) in [7, 11) is 0. The second-order valence-corrected chi connectivity index (χ2v) is 5.81.